The number of benzene rings is 1. The Morgan fingerprint density at radius 3 is 1.90 bits per heavy atom. The Bertz CT molecular complexity index is 525. The maximum Gasteiger partial charge on any atom is 0.472 e. The van der Waals surface area contributed by atoms with Crippen molar-refractivity contribution in [3.63, 3.8) is 0 Å². The standard InChI is InChI=1S/C10H7F6N3OS/c11-9(12,13)5-1-3-6(4-2-5)17-8(21)19-18-7(20)10(14,15)16/h1-4H,(H,18,20)(H2,17,19,21). The van der Waals surface area contributed by atoms with Crippen LogP contribution in [-0.2, 0) is 11.0 Å². The van der Waals surface area contributed by atoms with Gasteiger partial charge in [0.2, 0.25) is 0 Å². The third kappa shape index (κ3) is 5.45. The van der Waals surface area contributed by atoms with Crippen LogP contribution < -0.4 is 16.2 Å². The van der Waals surface area contributed by atoms with Crippen LogP contribution in [0.15, 0.2) is 24.3 Å². The van der Waals surface area contributed by atoms with Gasteiger partial charge in [0.15, 0.2) is 5.11 Å². The lowest BCUT2D eigenvalue weighted by Gasteiger charge is -2.13. The van der Waals surface area contributed by atoms with Gasteiger partial charge in [-0.25, -0.2) is 0 Å². The topological polar surface area (TPSA) is 53.2 Å². The third-order valence-corrected chi connectivity index (χ3v) is 2.22. The van der Waals surface area contributed by atoms with E-state index in [-0.39, 0.29) is 5.69 Å². The molecule has 0 unspecified atom stereocenters. The lowest BCUT2D eigenvalue weighted by Crippen LogP contribution is -2.49. The maximum absolute atomic E-state index is 12.3. The zero-order chi connectivity index (χ0) is 16.3. The molecule has 3 N–H and O–H groups in total. The number of carbonyl (C=O) groups excluding carboxylic acids is 1. The van der Waals surface area contributed by atoms with E-state index in [0.717, 1.165) is 24.3 Å². The average molecular weight is 331 g/mol. The quantitative estimate of drug-likeness (QED) is 0.421. The monoisotopic (exact) mass is 331 g/mol. The first-order valence-electron chi connectivity index (χ1n) is 5.11. The number of halogens is 6. The minimum atomic E-state index is -5.09. The van der Waals surface area contributed by atoms with Crippen molar-refractivity contribution in [3.05, 3.63) is 29.8 Å². The second-order valence-electron chi connectivity index (χ2n) is 3.61. The molecule has 21 heavy (non-hydrogen) atoms. The molecular formula is C10H7F6N3OS. The fourth-order valence-electron chi connectivity index (χ4n) is 1.09. The SMILES string of the molecule is O=C(NNC(=S)Nc1ccc(C(F)(F)F)cc1)C(F)(F)F. The van der Waals surface area contributed by atoms with Crippen molar-refractivity contribution < 1.29 is 31.1 Å². The van der Waals surface area contributed by atoms with E-state index in [1.165, 1.54) is 5.43 Å². The molecular weight excluding hydrogens is 324 g/mol. The van der Waals surface area contributed by atoms with Gasteiger partial charge >= 0.3 is 18.3 Å². The van der Waals surface area contributed by atoms with Gasteiger partial charge in [0.25, 0.3) is 0 Å². The highest BCUT2D eigenvalue weighted by Crippen LogP contribution is 2.29. The molecule has 0 aliphatic heterocycles. The number of thiocarbonyl (C=S) groups is 1. The Morgan fingerprint density at radius 2 is 1.48 bits per heavy atom. The van der Waals surface area contributed by atoms with Crippen LogP contribution in [0.1, 0.15) is 5.56 Å². The van der Waals surface area contributed by atoms with E-state index >= 15 is 0 Å². The number of rotatable bonds is 1. The van der Waals surface area contributed by atoms with E-state index in [4.69, 9.17) is 0 Å². The number of hydrazine groups is 1. The van der Waals surface area contributed by atoms with E-state index in [2.05, 4.69) is 17.5 Å². The van der Waals surface area contributed by atoms with E-state index in [9.17, 15) is 31.1 Å². The second-order valence-corrected chi connectivity index (χ2v) is 4.01. The predicted octanol–water partition coefficient (Wildman–Crippen LogP) is 2.59. The summed E-state index contributed by atoms with van der Waals surface area (Å²) in [7, 11) is 0. The van der Waals surface area contributed by atoms with Gasteiger partial charge < -0.3 is 5.32 Å². The molecule has 0 atom stereocenters. The Balaban J connectivity index is 2.54. The normalized spacial score (nSPS) is 11.7. The first-order valence-corrected chi connectivity index (χ1v) is 5.52. The highest BCUT2D eigenvalue weighted by atomic mass is 32.1. The summed E-state index contributed by atoms with van der Waals surface area (Å²) < 4.78 is 72.5. The fourth-order valence-corrected chi connectivity index (χ4v) is 1.26. The van der Waals surface area contributed by atoms with Crippen molar-refractivity contribution >= 4 is 28.9 Å². The number of hydrogen-bond acceptors (Lipinski definition) is 2. The summed E-state index contributed by atoms with van der Waals surface area (Å²) in [5, 5.41) is 1.87. The Morgan fingerprint density at radius 1 is 0.952 bits per heavy atom. The molecule has 0 aromatic heterocycles. The summed E-state index contributed by atoms with van der Waals surface area (Å²) in [6.07, 6.45) is -9.59. The summed E-state index contributed by atoms with van der Waals surface area (Å²) in [5.41, 5.74) is 2.25. The smallest absolute Gasteiger partial charge is 0.331 e. The summed E-state index contributed by atoms with van der Waals surface area (Å²) in [5.74, 6) is -2.26. The van der Waals surface area contributed by atoms with Crippen molar-refractivity contribution in [3.8, 4) is 0 Å². The largest absolute Gasteiger partial charge is 0.472 e. The van der Waals surface area contributed by atoms with Crippen LogP contribution in [0.3, 0.4) is 0 Å². The van der Waals surface area contributed by atoms with Crippen molar-refractivity contribution in [2.75, 3.05) is 5.32 Å². The molecule has 0 heterocycles. The summed E-state index contributed by atoms with van der Waals surface area (Å²) >= 11 is 4.56. The Kier molecular flexibility index (Phi) is 4.99. The average Bonchev–Trinajstić information content (AvgIpc) is 2.34. The molecule has 0 spiro atoms. The molecule has 0 radical (unpaired) electrons. The van der Waals surface area contributed by atoms with Crippen LogP contribution in [0.2, 0.25) is 0 Å². The van der Waals surface area contributed by atoms with Crippen molar-refractivity contribution in [2.24, 2.45) is 0 Å². The fraction of sp³-hybridized carbons (Fsp3) is 0.200. The maximum atomic E-state index is 12.3. The van der Waals surface area contributed by atoms with Gasteiger partial charge in [0.1, 0.15) is 0 Å². The van der Waals surface area contributed by atoms with Crippen LogP contribution in [-0.4, -0.2) is 17.2 Å². The van der Waals surface area contributed by atoms with E-state index < -0.39 is 28.9 Å². The van der Waals surface area contributed by atoms with E-state index in [1.54, 1.807) is 5.43 Å². The Labute approximate surface area is 119 Å². The lowest BCUT2D eigenvalue weighted by molar-refractivity contribution is -0.174. The predicted molar refractivity (Wildman–Crippen MR) is 65.0 cm³/mol. The molecule has 0 saturated carbocycles. The van der Waals surface area contributed by atoms with Crippen LogP contribution in [0, 0.1) is 0 Å². The first-order chi connectivity index (χ1) is 9.50. The van der Waals surface area contributed by atoms with Crippen LogP contribution in [0.5, 0.6) is 0 Å². The van der Waals surface area contributed by atoms with E-state index in [1.807, 2.05) is 0 Å². The highest BCUT2D eigenvalue weighted by molar-refractivity contribution is 7.80. The van der Waals surface area contributed by atoms with Crippen LogP contribution in [0.25, 0.3) is 0 Å². The molecule has 0 aliphatic carbocycles. The van der Waals surface area contributed by atoms with Crippen molar-refractivity contribution in [1.29, 1.82) is 0 Å². The summed E-state index contributed by atoms with van der Waals surface area (Å²) in [6.45, 7) is 0. The summed E-state index contributed by atoms with van der Waals surface area (Å²) in [4.78, 5) is 10.5. The number of hydrogen-bond donors (Lipinski definition) is 3. The van der Waals surface area contributed by atoms with Gasteiger partial charge in [-0.2, -0.15) is 26.3 Å². The van der Waals surface area contributed by atoms with Crippen LogP contribution in [0.4, 0.5) is 32.0 Å². The minimum Gasteiger partial charge on any atom is -0.331 e. The molecule has 1 rings (SSSR count). The zero-order valence-corrected chi connectivity index (χ0v) is 10.7. The molecule has 11 heteroatoms. The minimum absolute atomic E-state index is 0.0988. The lowest BCUT2D eigenvalue weighted by atomic mass is 10.2. The van der Waals surface area contributed by atoms with Gasteiger partial charge in [-0.05, 0) is 36.5 Å². The molecule has 1 amide bonds. The third-order valence-electron chi connectivity index (χ3n) is 2.02. The molecule has 0 bridgehead atoms. The van der Waals surface area contributed by atoms with Gasteiger partial charge in [-0.1, -0.05) is 0 Å². The van der Waals surface area contributed by atoms with Crippen molar-refractivity contribution in [2.45, 2.75) is 12.4 Å². The number of alkyl halides is 6. The number of nitrogens with one attached hydrogen (secondary N) is 3. The highest BCUT2D eigenvalue weighted by Gasteiger charge is 2.38. The molecule has 0 fully saturated rings. The summed E-state index contributed by atoms with van der Waals surface area (Å²) in [6, 6.07) is 3.59. The molecule has 1 aromatic rings. The Hall–Kier alpha value is -2.04. The van der Waals surface area contributed by atoms with Gasteiger partial charge in [0.05, 0.1) is 5.56 Å². The van der Waals surface area contributed by atoms with E-state index in [0.29, 0.717) is 0 Å². The van der Waals surface area contributed by atoms with Gasteiger partial charge in [-0.15, -0.1) is 0 Å². The zero-order valence-electron chi connectivity index (χ0n) is 9.89. The second kappa shape index (κ2) is 6.16. The van der Waals surface area contributed by atoms with Crippen molar-refractivity contribution in [1.82, 2.24) is 10.9 Å². The number of anilines is 1. The first kappa shape index (κ1) is 17.0. The molecule has 0 saturated heterocycles. The number of amides is 1. The number of carbonyl (C=O) groups is 1. The molecule has 4 nitrogen and oxygen atoms in total. The molecule has 1 aromatic carbocycles. The molecule has 116 valence electrons. The van der Waals surface area contributed by atoms with Crippen LogP contribution >= 0.6 is 12.2 Å². The molecule has 0 aliphatic rings. The van der Waals surface area contributed by atoms with Gasteiger partial charge in [0, 0.05) is 5.69 Å². The van der Waals surface area contributed by atoms with Gasteiger partial charge in [-0.3, -0.25) is 15.6 Å².